The Morgan fingerprint density at radius 2 is 1.83 bits per heavy atom. The molecule has 132 valence electrons. The number of likely N-dealkylation sites (tertiary alicyclic amines) is 1. The van der Waals surface area contributed by atoms with E-state index >= 15 is 0 Å². The fourth-order valence-electron chi connectivity index (χ4n) is 3.96. The highest BCUT2D eigenvalue weighted by Crippen LogP contribution is 2.37. The normalized spacial score (nSPS) is 26.7. The van der Waals surface area contributed by atoms with Crippen LogP contribution in [0.25, 0.3) is 0 Å². The summed E-state index contributed by atoms with van der Waals surface area (Å²) in [6, 6.07) is 0.153. The van der Waals surface area contributed by atoms with Crippen LogP contribution >= 0.6 is 0 Å². The number of hydrogen-bond donors (Lipinski definition) is 1. The van der Waals surface area contributed by atoms with E-state index in [1.165, 1.54) is 0 Å². The van der Waals surface area contributed by atoms with Crippen LogP contribution < -0.4 is 5.32 Å². The van der Waals surface area contributed by atoms with Gasteiger partial charge < -0.3 is 9.80 Å². The van der Waals surface area contributed by atoms with E-state index in [2.05, 4.69) is 37.9 Å². The van der Waals surface area contributed by atoms with Crippen molar-refractivity contribution in [3.8, 4) is 0 Å². The third kappa shape index (κ3) is 3.25. The number of nitrogens with zero attached hydrogens (tertiary/aromatic N) is 2. The second-order valence-corrected chi connectivity index (χ2v) is 7.24. The van der Waals surface area contributed by atoms with Crippen molar-refractivity contribution in [3.63, 3.8) is 0 Å². The highest BCUT2D eigenvalue weighted by molar-refractivity contribution is 5.86. The highest BCUT2D eigenvalue weighted by atomic mass is 16.2. The minimum Gasteiger partial charge on any atom is -0.342 e. The van der Waals surface area contributed by atoms with Gasteiger partial charge in [-0.05, 0) is 19.3 Å². The monoisotopic (exact) mass is 323 g/mol. The highest BCUT2D eigenvalue weighted by Gasteiger charge is 2.53. The molecule has 0 aromatic carbocycles. The summed E-state index contributed by atoms with van der Waals surface area (Å²) >= 11 is 0. The van der Waals surface area contributed by atoms with Crippen molar-refractivity contribution in [2.45, 2.75) is 84.5 Å². The molecule has 5 nitrogen and oxygen atoms in total. The van der Waals surface area contributed by atoms with Crippen LogP contribution in [-0.4, -0.2) is 52.5 Å². The van der Waals surface area contributed by atoms with E-state index in [0.717, 1.165) is 38.8 Å². The third-order valence-electron chi connectivity index (χ3n) is 5.88. The van der Waals surface area contributed by atoms with Gasteiger partial charge in [0.1, 0.15) is 0 Å². The van der Waals surface area contributed by atoms with Crippen molar-refractivity contribution in [2.75, 3.05) is 13.1 Å². The fraction of sp³-hybridized carbons (Fsp3) is 0.889. The van der Waals surface area contributed by atoms with Crippen LogP contribution in [0.1, 0.15) is 66.7 Å². The maximum absolute atomic E-state index is 13.0. The van der Waals surface area contributed by atoms with Crippen molar-refractivity contribution >= 4 is 11.8 Å². The molecular weight excluding hydrogens is 290 g/mol. The van der Waals surface area contributed by atoms with Crippen LogP contribution in [0, 0.1) is 5.92 Å². The van der Waals surface area contributed by atoms with Crippen LogP contribution in [0.5, 0.6) is 0 Å². The number of nitrogens with one attached hydrogen (secondary N) is 1. The fourth-order valence-corrected chi connectivity index (χ4v) is 3.96. The molecule has 1 spiro atoms. The second-order valence-electron chi connectivity index (χ2n) is 7.24. The molecule has 2 rings (SSSR count). The van der Waals surface area contributed by atoms with Crippen LogP contribution in [0.2, 0.25) is 0 Å². The zero-order chi connectivity index (χ0) is 17.2. The lowest BCUT2D eigenvalue weighted by Crippen LogP contribution is -2.61. The molecule has 1 N–H and O–H groups in total. The third-order valence-corrected chi connectivity index (χ3v) is 5.88. The van der Waals surface area contributed by atoms with Crippen molar-refractivity contribution in [2.24, 2.45) is 5.92 Å². The number of carbonyl (C=O) groups excluding carboxylic acids is 2. The van der Waals surface area contributed by atoms with Crippen molar-refractivity contribution in [1.29, 1.82) is 0 Å². The van der Waals surface area contributed by atoms with Crippen molar-refractivity contribution < 1.29 is 9.59 Å². The molecule has 0 radical (unpaired) electrons. The first-order valence-corrected chi connectivity index (χ1v) is 9.28. The van der Waals surface area contributed by atoms with Crippen molar-refractivity contribution in [1.82, 2.24) is 15.1 Å². The predicted molar refractivity (Wildman–Crippen MR) is 91.8 cm³/mol. The van der Waals surface area contributed by atoms with Gasteiger partial charge in [-0.2, -0.15) is 0 Å². The van der Waals surface area contributed by atoms with Gasteiger partial charge in [0.05, 0.1) is 11.7 Å². The Kier molecular flexibility index (Phi) is 5.71. The molecule has 2 fully saturated rings. The minimum atomic E-state index is -0.259. The Bertz CT molecular complexity index is 444. The first kappa shape index (κ1) is 18.2. The van der Waals surface area contributed by atoms with Gasteiger partial charge in [-0.15, -0.1) is 0 Å². The Hall–Kier alpha value is -1.10. The van der Waals surface area contributed by atoms with Crippen LogP contribution in [0.4, 0.5) is 0 Å². The van der Waals surface area contributed by atoms with Crippen LogP contribution in [-0.2, 0) is 9.59 Å². The Morgan fingerprint density at radius 3 is 2.30 bits per heavy atom. The van der Waals surface area contributed by atoms with Crippen molar-refractivity contribution in [3.05, 3.63) is 0 Å². The molecule has 2 saturated heterocycles. The quantitative estimate of drug-likeness (QED) is 0.845. The standard InChI is InChI=1S/C18H33N3O2/c1-6-13(4)16-17(23)21(14(5)7-2)18(19-16)9-11-20(12-10-18)15(22)8-3/h13-14,16,19H,6-12H2,1-5H3/t13-,14-,16-/m1/s1. The lowest BCUT2D eigenvalue weighted by atomic mass is 9.93. The molecule has 0 aromatic heterocycles. The summed E-state index contributed by atoms with van der Waals surface area (Å²) in [5, 5.41) is 3.69. The first-order valence-electron chi connectivity index (χ1n) is 9.28. The van der Waals surface area contributed by atoms with Gasteiger partial charge in [0, 0.05) is 38.4 Å². The SMILES string of the molecule is CCC(=O)N1CCC2(CC1)N[C@H]([C@H](C)CC)C(=O)N2[C@H](C)CC. The van der Waals surface area contributed by atoms with Gasteiger partial charge in [-0.1, -0.05) is 34.1 Å². The van der Waals surface area contributed by atoms with E-state index in [4.69, 9.17) is 0 Å². The zero-order valence-electron chi connectivity index (χ0n) is 15.4. The molecule has 3 atom stereocenters. The summed E-state index contributed by atoms with van der Waals surface area (Å²) in [6.07, 6.45) is 4.18. The maximum Gasteiger partial charge on any atom is 0.241 e. The average Bonchev–Trinajstić information content (AvgIpc) is 2.85. The topological polar surface area (TPSA) is 52.7 Å². The van der Waals surface area contributed by atoms with E-state index in [1.54, 1.807) is 0 Å². The molecule has 0 saturated carbocycles. The first-order chi connectivity index (χ1) is 10.9. The molecular formula is C18H33N3O2. The lowest BCUT2D eigenvalue weighted by Gasteiger charge is -2.46. The minimum absolute atomic E-state index is 0.0811. The maximum atomic E-state index is 13.0. The summed E-state index contributed by atoms with van der Waals surface area (Å²) in [7, 11) is 0. The number of rotatable bonds is 5. The Labute approximate surface area is 140 Å². The molecule has 5 heteroatoms. The largest absolute Gasteiger partial charge is 0.342 e. The summed E-state index contributed by atoms with van der Waals surface area (Å²) < 4.78 is 0. The van der Waals surface area contributed by atoms with Crippen LogP contribution in [0.15, 0.2) is 0 Å². The van der Waals surface area contributed by atoms with Gasteiger partial charge in [0.2, 0.25) is 11.8 Å². The Morgan fingerprint density at radius 1 is 1.22 bits per heavy atom. The van der Waals surface area contributed by atoms with E-state index in [-0.39, 0.29) is 29.6 Å². The molecule has 0 unspecified atom stereocenters. The summed E-state index contributed by atoms with van der Waals surface area (Å²) in [6.45, 7) is 12.0. The molecule has 2 aliphatic heterocycles. The van der Waals surface area contributed by atoms with Gasteiger partial charge in [0.15, 0.2) is 0 Å². The Balaban J connectivity index is 2.21. The predicted octanol–water partition coefficient (Wildman–Crippen LogP) is 2.36. The summed E-state index contributed by atoms with van der Waals surface area (Å²) in [5.41, 5.74) is -0.259. The average molecular weight is 323 g/mol. The molecule has 2 amide bonds. The molecule has 2 heterocycles. The van der Waals surface area contributed by atoms with Gasteiger partial charge >= 0.3 is 0 Å². The number of carbonyl (C=O) groups is 2. The van der Waals surface area contributed by atoms with Gasteiger partial charge in [-0.3, -0.25) is 14.9 Å². The van der Waals surface area contributed by atoms with Crippen LogP contribution in [0.3, 0.4) is 0 Å². The van der Waals surface area contributed by atoms with Gasteiger partial charge in [-0.25, -0.2) is 0 Å². The number of piperidine rings is 1. The molecule has 0 bridgehead atoms. The second kappa shape index (κ2) is 7.20. The number of amides is 2. The molecule has 0 aromatic rings. The summed E-state index contributed by atoms with van der Waals surface area (Å²) in [5.74, 6) is 0.811. The zero-order valence-corrected chi connectivity index (χ0v) is 15.4. The van der Waals surface area contributed by atoms with E-state index in [9.17, 15) is 9.59 Å². The molecule has 0 aliphatic carbocycles. The summed E-state index contributed by atoms with van der Waals surface area (Å²) in [4.78, 5) is 29.0. The van der Waals surface area contributed by atoms with E-state index in [1.807, 2.05) is 11.8 Å². The van der Waals surface area contributed by atoms with Gasteiger partial charge in [0.25, 0.3) is 0 Å². The van der Waals surface area contributed by atoms with E-state index in [0.29, 0.717) is 12.3 Å². The number of hydrogen-bond acceptors (Lipinski definition) is 3. The lowest BCUT2D eigenvalue weighted by molar-refractivity contribution is -0.139. The smallest absolute Gasteiger partial charge is 0.241 e. The molecule has 23 heavy (non-hydrogen) atoms. The van der Waals surface area contributed by atoms with E-state index < -0.39 is 0 Å². The molecule has 2 aliphatic rings.